The van der Waals surface area contributed by atoms with Gasteiger partial charge in [0.15, 0.2) is 0 Å². The van der Waals surface area contributed by atoms with Crippen molar-refractivity contribution in [2.45, 2.75) is 20.8 Å². The molecule has 13 heavy (non-hydrogen) atoms. The smallest absolute Gasteiger partial charge is 0.0997 e. The first kappa shape index (κ1) is 9.29. The molecule has 0 unspecified atom stereocenters. The molecule has 0 atom stereocenters. The van der Waals surface area contributed by atoms with Gasteiger partial charge in [-0.15, -0.1) is 0 Å². The van der Waals surface area contributed by atoms with Crippen molar-refractivity contribution in [1.82, 2.24) is 0 Å². The van der Waals surface area contributed by atoms with E-state index in [0.29, 0.717) is 11.1 Å². The zero-order valence-electron chi connectivity index (χ0n) is 7.97. The van der Waals surface area contributed by atoms with Gasteiger partial charge in [0, 0.05) is 0 Å². The lowest BCUT2D eigenvalue weighted by atomic mass is 9.95. The average molecular weight is 170 g/mol. The summed E-state index contributed by atoms with van der Waals surface area (Å²) in [5.74, 6) is 0. The van der Waals surface area contributed by atoms with E-state index in [1.165, 1.54) is 0 Å². The van der Waals surface area contributed by atoms with Crippen LogP contribution in [0.5, 0.6) is 0 Å². The van der Waals surface area contributed by atoms with E-state index in [0.717, 1.165) is 16.7 Å². The highest BCUT2D eigenvalue weighted by Crippen LogP contribution is 2.20. The Bertz CT molecular complexity index is 393. The SMILES string of the molecule is Cc1cc(C)c(C#N)c(C)c1C#N. The minimum absolute atomic E-state index is 0.627. The molecule has 0 N–H and O–H groups in total. The highest BCUT2D eigenvalue weighted by Gasteiger charge is 2.09. The Morgan fingerprint density at radius 2 is 1.31 bits per heavy atom. The Balaban J connectivity index is 3.63. The minimum Gasteiger partial charge on any atom is -0.192 e. The van der Waals surface area contributed by atoms with Gasteiger partial charge in [-0.1, -0.05) is 6.07 Å². The molecule has 0 spiro atoms. The lowest BCUT2D eigenvalue weighted by Gasteiger charge is -2.06. The lowest BCUT2D eigenvalue weighted by molar-refractivity contribution is 1.25. The first-order chi connectivity index (χ1) is 6.11. The van der Waals surface area contributed by atoms with Gasteiger partial charge in [0.05, 0.1) is 23.3 Å². The summed E-state index contributed by atoms with van der Waals surface area (Å²) in [4.78, 5) is 0. The van der Waals surface area contributed by atoms with Crippen LogP contribution in [0.2, 0.25) is 0 Å². The third kappa shape index (κ3) is 1.39. The Morgan fingerprint density at radius 3 is 1.62 bits per heavy atom. The number of nitriles is 2. The Morgan fingerprint density at radius 1 is 0.923 bits per heavy atom. The largest absolute Gasteiger partial charge is 0.192 e. The van der Waals surface area contributed by atoms with Crippen LogP contribution in [0.15, 0.2) is 6.07 Å². The van der Waals surface area contributed by atoms with E-state index in [4.69, 9.17) is 10.5 Å². The van der Waals surface area contributed by atoms with Crippen molar-refractivity contribution in [3.8, 4) is 12.1 Å². The summed E-state index contributed by atoms with van der Waals surface area (Å²) in [6.07, 6.45) is 0. The molecule has 0 saturated carbocycles. The van der Waals surface area contributed by atoms with Crippen molar-refractivity contribution >= 4 is 0 Å². The van der Waals surface area contributed by atoms with E-state index in [2.05, 4.69) is 12.1 Å². The highest BCUT2D eigenvalue weighted by atomic mass is 14.3. The molecule has 0 amide bonds. The van der Waals surface area contributed by atoms with Gasteiger partial charge in [0.25, 0.3) is 0 Å². The van der Waals surface area contributed by atoms with Crippen LogP contribution in [0.4, 0.5) is 0 Å². The molecule has 1 rings (SSSR count). The van der Waals surface area contributed by atoms with Gasteiger partial charge in [0.1, 0.15) is 0 Å². The molecular weight excluding hydrogens is 160 g/mol. The fraction of sp³-hybridized carbons (Fsp3) is 0.273. The fourth-order valence-electron chi connectivity index (χ4n) is 1.53. The maximum Gasteiger partial charge on any atom is 0.0997 e. The fourth-order valence-corrected chi connectivity index (χ4v) is 1.53. The minimum atomic E-state index is 0.627. The van der Waals surface area contributed by atoms with Crippen LogP contribution in [0.25, 0.3) is 0 Å². The molecule has 0 heterocycles. The van der Waals surface area contributed by atoms with E-state index in [-0.39, 0.29) is 0 Å². The summed E-state index contributed by atoms with van der Waals surface area (Å²) in [6.45, 7) is 5.59. The molecule has 0 aliphatic heterocycles. The number of hydrogen-bond acceptors (Lipinski definition) is 2. The first-order valence-electron chi connectivity index (χ1n) is 4.02. The van der Waals surface area contributed by atoms with Crippen molar-refractivity contribution < 1.29 is 0 Å². The zero-order chi connectivity index (χ0) is 10.0. The van der Waals surface area contributed by atoms with Gasteiger partial charge in [0.2, 0.25) is 0 Å². The molecule has 0 aliphatic carbocycles. The summed E-state index contributed by atoms with van der Waals surface area (Å²) >= 11 is 0. The summed E-state index contributed by atoms with van der Waals surface area (Å²) in [6, 6.07) is 6.11. The summed E-state index contributed by atoms with van der Waals surface area (Å²) in [5.41, 5.74) is 3.93. The van der Waals surface area contributed by atoms with Crippen molar-refractivity contribution in [2.75, 3.05) is 0 Å². The maximum atomic E-state index is 8.85. The molecule has 2 nitrogen and oxygen atoms in total. The third-order valence-electron chi connectivity index (χ3n) is 2.20. The molecule has 0 aliphatic rings. The van der Waals surface area contributed by atoms with E-state index < -0.39 is 0 Å². The number of rotatable bonds is 0. The number of aryl methyl sites for hydroxylation is 2. The number of benzene rings is 1. The summed E-state index contributed by atoms with van der Waals surface area (Å²) in [5, 5.41) is 17.7. The lowest BCUT2D eigenvalue weighted by Crippen LogP contribution is -1.95. The first-order valence-corrected chi connectivity index (χ1v) is 4.02. The van der Waals surface area contributed by atoms with Gasteiger partial charge >= 0.3 is 0 Å². The zero-order valence-corrected chi connectivity index (χ0v) is 7.97. The van der Waals surface area contributed by atoms with E-state index in [1.54, 1.807) is 0 Å². The van der Waals surface area contributed by atoms with Crippen LogP contribution < -0.4 is 0 Å². The van der Waals surface area contributed by atoms with Crippen LogP contribution in [0.1, 0.15) is 27.8 Å². The second-order valence-corrected chi connectivity index (χ2v) is 3.11. The van der Waals surface area contributed by atoms with Gasteiger partial charge in [-0.25, -0.2) is 0 Å². The molecule has 1 aromatic rings. The van der Waals surface area contributed by atoms with Crippen molar-refractivity contribution in [1.29, 1.82) is 10.5 Å². The highest BCUT2D eigenvalue weighted by molar-refractivity contribution is 5.55. The average Bonchev–Trinajstić information content (AvgIpc) is 2.04. The molecule has 0 saturated heterocycles. The standard InChI is InChI=1S/C11H10N2/c1-7-4-8(2)11(6-13)9(3)10(7)5-12/h4H,1-3H3. The van der Waals surface area contributed by atoms with Crippen molar-refractivity contribution in [2.24, 2.45) is 0 Å². The van der Waals surface area contributed by atoms with Crippen LogP contribution in [-0.4, -0.2) is 0 Å². The van der Waals surface area contributed by atoms with Gasteiger partial charge in [-0.2, -0.15) is 10.5 Å². The Hall–Kier alpha value is -1.80. The van der Waals surface area contributed by atoms with Crippen LogP contribution >= 0.6 is 0 Å². The van der Waals surface area contributed by atoms with Crippen molar-refractivity contribution in [3.05, 3.63) is 33.9 Å². The topological polar surface area (TPSA) is 47.6 Å². The molecule has 0 fully saturated rings. The molecule has 0 bridgehead atoms. The van der Waals surface area contributed by atoms with E-state index in [1.807, 2.05) is 26.8 Å². The summed E-state index contributed by atoms with van der Waals surface area (Å²) < 4.78 is 0. The molecule has 0 radical (unpaired) electrons. The Kier molecular flexibility index (Phi) is 2.35. The number of nitrogens with zero attached hydrogens (tertiary/aromatic N) is 2. The number of hydrogen-bond donors (Lipinski definition) is 0. The van der Waals surface area contributed by atoms with Gasteiger partial charge in [-0.05, 0) is 37.5 Å². The summed E-state index contributed by atoms with van der Waals surface area (Å²) in [7, 11) is 0. The van der Waals surface area contributed by atoms with Gasteiger partial charge < -0.3 is 0 Å². The van der Waals surface area contributed by atoms with Crippen LogP contribution in [0, 0.1) is 43.4 Å². The molecular formula is C11H10N2. The predicted octanol–water partition coefficient (Wildman–Crippen LogP) is 2.36. The molecule has 0 aromatic heterocycles. The second-order valence-electron chi connectivity index (χ2n) is 3.11. The second kappa shape index (κ2) is 3.29. The van der Waals surface area contributed by atoms with E-state index >= 15 is 0 Å². The van der Waals surface area contributed by atoms with Crippen LogP contribution in [0.3, 0.4) is 0 Å². The maximum absolute atomic E-state index is 8.85. The molecule has 64 valence electrons. The monoisotopic (exact) mass is 170 g/mol. The quantitative estimate of drug-likeness (QED) is 0.600. The molecule has 2 heteroatoms. The Labute approximate surface area is 78.0 Å². The molecule has 1 aromatic carbocycles. The van der Waals surface area contributed by atoms with Crippen molar-refractivity contribution in [3.63, 3.8) is 0 Å². The van der Waals surface area contributed by atoms with Gasteiger partial charge in [-0.3, -0.25) is 0 Å². The third-order valence-corrected chi connectivity index (χ3v) is 2.20. The predicted molar refractivity (Wildman–Crippen MR) is 50.1 cm³/mol. The van der Waals surface area contributed by atoms with E-state index in [9.17, 15) is 0 Å². The normalized spacial score (nSPS) is 9.00. The van der Waals surface area contributed by atoms with Crippen LogP contribution in [-0.2, 0) is 0 Å².